The fourth-order valence-electron chi connectivity index (χ4n) is 4.39. The number of nitrogens with zero attached hydrogens (tertiary/aromatic N) is 2. The van der Waals surface area contributed by atoms with Gasteiger partial charge in [-0.3, -0.25) is 4.79 Å². The van der Waals surface area contributed by atoms with Crippen molar-refractivity contribution in [3.8, 4) is 11.5 Å². The number of anilines is 1. The van der Waals surface area contributed by atoms with Crippen LogP contribution < -0.4 is 14.4 Å². The molecule has 0 spiro atoms. The zero-order valence-electron chi connectivity index (χ0n) is 19.0. The highest BCUT2D eigenvalue weighted by Gasteiger charge is 2.30. The third-order valence-electron chi connectivity index (χ3n) is 6.10. The van der Waals surface area contributed by atoms with Gasteiger partial charge in [0.1, 0.15) is 11.5 Å². The summed E-state index contributed by atoms with van der Waals surface area (Å²) in [5, 5.41) is 0. The normalized spacial score (nSPS) is 15.6. The van der Waals surface area contributed by atoms with Crippen molar-refractivity contribution in [1.29, 1.82) is 0 Å². The van der Waals surface area contributed by atoms with E-state index in [-0.39, 0.29) is 24.4 Å². The Bertz CT molecular complexity index is 823. The van der Waals surface area contributed by atoms with Crippen molar-refractivity contribution in [1.82, 2.24) is 4.90 Å². The first-order valence-electron chi connectivity index (χ1n) is 10.9. The summed E-state index contributed by atoms with van der Waals surface area (Å²) in [6, 6.07) is 16.7. The Morgan fingerprint density at radius 1 is 1.10 bits per heavy atom. The summed E-state index contributed by atoms with van der Waals surface area (Å²) in [4.78, 5) is 17.2. The molecule has 0 aromatic heterocycles. The van der Waals surface area contributed by atoms with E-state index in [0.717, 1.165) is 49.5 Å². The first kappa shape index (κ1) is 25.0. The van der Waals surface area contributed by atoms with Crippen molar-refractivity contribution in [2.45, 2.75) is 51.6 Å². The number of likely N-dealkylation sites (tertiary alicyclic amines) is 1. The summed E-state index contributed by atoms with van der Waals surface area (Å²) in [6.45, 7) is 6.18. The van der Waals surface area contributed by atoms with Gasteiger partial charge in [-0.1, -0.05) is 25.1 Å². The lowest BCUT2D eigenvalue weighted by Crippen LogP contribution is -2.49. The monoisotopic (exact) mass is 446 g/mol. The Morgan fingerprint density at radius 3 is 2.35 bits per heavy atom. The molecule has 1 fully saturated rings. The summed E-state index contributed by atoms with van der Waals surface area (Å²) in [5.41, 5.74) is 2.18. The lowest BCUT2D eigenvalue weighted by atomic mass is 9.98. The number of amides is 1. The summed E-state index contributed by atoms with van der Waals surface area (Å²) in [6.07, 6.45) is 3.41. The molecular formula is C25H35ClN2O3. The van der Waals surface area contributed by atoms with E-state index in [0.29, 0.717) is 12.5 Å². The summed E-state index contributed by atoms with van der Waals surface area (Å²) in [5.74, 6) is 1.96. The number of methoxy groups -OCH3 is 2. The highest BCUT2D eigenvalue weighted by Crippen LogP contribution is 2.29. The predicted octanol–water partition coefficient (Wildman–Crippen LogP) is 4.96. The van der Waals surface area contributed by atoms with E-state index in [1.807, 2.05) is 54.3 Å². The van der Waals surface area contributed by atoms with Crippen molar-refractivity contribution in [3.63, 3.8) is 0 Å². The molecule has 0 bridgehead atoms. The summed E-state index contributed by atoms with van der Waals surface area (Å²) < 4.78 is 10.9. The first-order chi connectivity index (χ1) is 14.6. The minimum atomic E-state index is 0. The van der Waals surface area contributed by atoms with Gasteiger partial charge in [0.15, 0.2) is 0 Å². The van der Waals surface area contributed by atoms with Gasteiger partial charge in [-0.25, -0.2) is 0 Å². The number of rotatable bonds is 8. The van der Waals surface area contributed by atoms with Gasteiger partial charge in [0.05, 0.1) is 14.2 Å². The molecular weight excluding hydrogens is 412 g/mol. The van der Waals surface area contributed by atoms with Crippen LogP contribution in [0.4, 0.5) is 5.69 Å². The molecule has 1 amide bonds. The number of benzene rings is 2. The second-order valence-electron chi connectivity index (χ2n) is 7.95. The molecule has 0 saturated carbocycles. The predicted molar refractivity (Wildman–Crippen MR) is 129 cm³/mol. The minimum Gasteiger partial charge on any atom is -0.497 e. The van der Waals surface area contributed by atoms with Crippen molar-refractivity contribution < 1.29 is 14.3 Å². The van der Waals surface area contributed by atoms with Crippen LogP contribution in [0.1, 0.15) is 38.7 Å². The molecule has 1 aliphatic heterocycles. The number of hydrogen-bond donors (Lipinski definition) is 0. The average molecular weight is 447 g/mol. The third-order valence-corrected chi connectivity index (χ3v) is 6.10. The van der Waals surface area contributed by atoms with Crippen molar-refractivity contribution >= 4 is 24.0 Å². The van der Waals surface area contributed by atoms with Crippen LogP contribution in [0.25, 0.3) is 0 Å². The Morgan fingerprint density at radius 2 is 1.77 bits per heavy atom. The number of para-hydroxylation sites is 1. The van der Waals surface area contributed by atoms with Crippen LogP contribution in [-0.2, 0) is 11.2 Å². The molecule has 6 heteroatoms. The second kappa shape index (κ2) is 12.0. The maximum absolute atomic E-state index is 12.7. The van der Waals surface area contributed by atoms with E-state index >= 15 is 0 Å². The molecule has 1 aliphatic rings. The van der Waals surface area contributed by atoms with E-state index in [2.05, 4.69) is 17.9 Å². The van der Waals surface area contributed by atoms with E-state index in [9.17, 15) is 4.79 Å². The highest BCUT2D eigenvalue weighted by molar-refractivity contribution is 5.93. The third kappa shape index (κ3) is 6.14. The zero-order chi connectivity index (χ0) is 21.5. The van der Waals surface area contributed by atoms with Gasteiger partial charge < -0.3 is 19.3 Å². The van der Waals surface area contributed by atoms with Crippen molar-refractivity contribution in [2.75, 3.05) is 32.2 Å². The maximum Gasteiger partial charge on any atom is 0.226 e. The van der Waals surface area contributed by atoms with Gasteiger partial charge in [0.2, 0.25) is 5.91 Å². The molecule has 1 saturated heterocycles. The summed E-state index contributed by atoms with van der Waals surface area (Å²) >= 11 is 0. The van der Waals surface area contributed by atoms with Crippen LogP contribution in [-0.4, -0.2) is 50.2 Å². The second-order valence-corrected chi connectivity index (χ2v) is 7.95. The number of piperidine rings is 1. The van der Waals surface area contributed by atoms with E-state index < -0.39 is 0 Å². The molecule has 31 heavy (non-hydrogen) atoms. The van der Waals surface area contributed by atoms with Crippen LogP contribution in [0.3, 0.4) is 0 Å². The van der Waals surface area contributed by atoms with Crippen LogP contribution in [0.2, 0.25) is 0 Å². The first-order valence-corrected chi connectivity index (χ1v) is 10.9. The molecule has 0 N–H and O–H groups in total. The van der Waals surface area contributed by atoms with Crippen LogP contribution >= 0.6 is 12.4 Å². The number of ether oxygens (including phenoxy) is 2. The Labute approximate surface area is 192 Å². The fraction of sp³-hybridized carbons (Fsp3) is 0.480. The molecule has 2 aromatic carbocycles. The zero-order valence-corrected chi connectivity index (χ0v) is 19.9. The highest BCUT2D eigenvalue weighted by atomic mass is 35.5. The molecule has 170 valence electrons. The molecule has 3 rings (SSSR count). The van der Waals surface area contributed by atoms with E-state index in [1.54, 1.807) is 14.2 Å². The van der Waals surface area contributed by atoms with Crippen LogP contribution in [0.5, 0.6) is 11.5 Å². The molecule has 5 nitrogen and oxygen atoms in total. The smallest absolute Gasteiger partial charge is 0.226 e. The molecule has 0 radical (unpaired) electrons. The van der Waals surface area contributed by atoms with E-state index in [1.165, 1.54) is 5.56 Å². The molecule has 1 unspecified atom stereocenters. The van der Waals surface area contributed by atoms with Gasteiger partial charge in [-0.05, 0) is 62.1 Å². The topological polar surface area (TPSA) is 42.0 Å². The van der Waals surface area contributed by atoms with Crippen LogP contribution in [0.15, 0.2) is 48.5 Å². The molecule has 1 heterocycles. The standard InChI is InChI=1S/C25H34N2O3.ClH/c1-5-25(28)27(21-9-7-6-8-10-21)22-13-15-26(16-14-22)19(2)17-20-18-23(29-3)11-12-24(20)30-4;/h6-12,18-19,22H,5,13-17H2,1-4H3;1H. The molecule has 1 atom stereocenters. The van der Waals surface area contributed by atoms with Crippen molar-refractivity contribution in [2.24, 2.45) is 0 Å². The van der Waals surface area contributed by atoms with Gasteiger partial charge in [-0.2, -0.15) is 0 Å². The Hall–Kier alpha value is -2.24. The van der Waals surface area contributed by atoms with Gasteiger partial charge >= 0.3 is 0 Å². The molecule has 2 aromatic rings. The van der Waals surface area contributed by atoms with Crippen molar-refractivity contribution in [3.05, 3.63) is 54.1 Å². The lowest BCUT2D eigenvalue weighted by molar-refractivity contribution is -0.119. The van der Waals surface area contributed by atoms with Gasteiger partial charge in [0.25, 0.3) is 0 Å². The Balaban J connectivity index is 0.00000341. The van der Waals surface area contributed by atoms with E-state index in [4.69, 9.17) is 9.47 Å². The number of carbonyl (C=O) groups is 1. The van der Waals surface area contributed by atoms with Gasteiger partial charge in [0, 0.05) is 37.3 Å². The largest absolute Gasteiger partial charge is 0.497 e. The number of carbonyl (C=O) groups excluding carboxylic acids is 1. The molecule has 0 aliphatic carbocycles. The number of halogens is 1. The van der Waals surface area contributed by atoms with Gasteiger partial charge in [-0.15, -0.1) is 12.4 Å². The lowest BCUT2D eigenvalue weighted by Gasteiger charge is -2.41. The number of hydrogen-bond acceptors (Lipinski definition) is 4. The summed E-state index contributed by atoms with van der Waals surface area (Å²) in [7, 11) is 3.40. The Kier molecular flexibility index (Phi) is 9.66. The van der Waals surface area contributed by atoms with Crippen LogP contribution in [0, 0.1) is 0 Å². The maximum atomic E-state index is 12.7. The minimum absolute atomic E-state index is 0. The average Bonchev–Trinajstić information content (AvgIpc) is 2.80. The fourth-order valence-corrected chi connectivity index (χ4v) is 4.39. The SMILES string of the molecule is CCC(=O)N(c1ccccc1)C1CCN(C(C)Cc2cc(OC)ccc2OC)CC1.Cl. The quantitative estimate of drug-likeness (QED) is 0.574.